The minimum Gasteiger partial charge on any atom is -0.508 e. The van der Waals surface area contributed by atoms with Crippen molar-refractivity contribution in [3.05, 3.63) is 29.8 Å². The highest BCUT2D eigenvalue weighted by atomic mass is 16.5. The van der Waals surface area contributed by atoms with Crippen molar-refractivity contribution >= 4 is 11.9 Å². The molecule has 0 fully saturated rings. The number of esters is 1. The van der Waals surface area contributed by atoms with Crippen molar-refractivity contribution < 1.29 is 19.4 Å². The molecular formula is C15H22N2O4. The molecule has 1 rings (SSSR count). The van der Waals surface area contributed by atoms with Crippen molar-refractivity contribution in [2.45, 2.75) is 32.4 Å². The molecule has 0 aromatic heterocycles. The van der Waals surface area contributed by atoms with Crippen molar-refractivity contribution in [2.24, 2.45) is 11.7 Å². The molecule has 21 heavy (non-hydrogen) atoms. The second kappa shape index (κ2) is 7.64. The molecule has 1 aromatic carbocycles. The van der Waals surface area contributed by atoms with E-state index in [1.807, 2.05) is 13.8 Å². The number of hydrogen-bond donors (Lipinski definition) is 3. The molecule has 6 nitrogen and oxygen atoms in total. The molecule has 1 amide bonds. The first kappa shape index (κ1) is 17.0. The lowest BCUT2D eigenvalue weighted by Gasteiger charge is -2.22. The Kier molecular flexibility index (Phi) is 6.17. The predicted octanol–water partition coefficient (Wildman–Crippen LogP) is 0.576. The Hall–Kier alpha value is -2.08. The Bertz CT molecular complexity index is 485. The molecule has 0 heterocycles. The van der Waals surface area contributed by atoms with Crippen LogP contribution < -0.4 is 11.1 Å². The Morgan fingerprint density at radius 1 is 1.29 bits per heavy atom. The molecule has 2 atom stereocenters. The summed E-state index contributed by atoms with van der Waals surface area (Å²) in [5.41, 5.74) is 6.68. The van der Waals surface area contributed by atoms with Crippen molar-refractivity contribution in [1.29, 1.82) is 0 Å². The Morgan fingerprint density at radius 2 is 1.86 bits per heavy atom. The van der Waals surface area contributed by atoms with Crippen LogP contribution in [0.4, 0.5) is 0 Å². The maximum Gasteiger partial charge on any atom is 0.328 e. The summed E-state index contributed by atoms with van der Waals surface area (Å²) in [6, 6.07) is 4.97. The molecule has 1 unspecified atom stereocenters. The first-order valence-electron chi connectivity index (χ1n) is 6.76. The van der Waals surface area contributed by atoms with E-state index < -0.39 is 24.0 Å². The summed E-state index contributed by atoms with van der Waals surface area (Å²) in [5, 5.41) is 11.8. The third-order valence-electron chi connectivity index (χ3n) is 3.15. The molecule has 0 saturated carbocycles. The van der Waals surface area contributed by atoms with Gasteiger partial charge >= 0.3 is 5.97 Å². The predicted molar refractivity (Wildman–Crippen MR) is 78.6 cm³/mol. The molecular weight excluding hydrogens is 272 g/mol. The van der Waals surface area contributed by atoms with Crippen LogP contribution in [0.5, 0.6) is 5.75 Å². The van der Waals surface area contributed by atoms with Gasteiger partial charge in [-0.25, -0.2) is 4.79 Å². The summed E-state index contributed by atoms with van der Waals surface area (Å²) in [6.45, 7) is 3.63. The Morgan fingerprint density at radius 3 is 2.33 bits per heavy atom. The molecule has 1 aromatic rings. The van der Waals surface area contributed by atoms with E-state index in [2.05, 4.69) is 10.1 Å². The number of phenolic OH excluding ortho intramolecular Hbond substituents is 1. The van der Waals surface area contributed by atoms with E-state index in [1.165, 1.54) is 19.2 Å². The minimum atomic E-state index is -0.777. The Labute approximate surface area is 124 Å². The van der Waals surface area contributed by atoms with Crippen molar-refractivity contribution in [3.8, 4) is 5.75 Å². The molecule has 0 radical (unpaired) electrons. The second-order valence-corrected chi connectivity index (χ2v) is 5.23. The third-order valence-corrected chi connectivity index (χ3v) is 3.15. The van der Waals surface area contributed by atoms with Crippen LogP contribution in [0.1, 0.15) is 19.4 Å². The van der Waals surface area contributed by atoms with Gasteiger partial charge < -0.3 is 20.9 Å². The monoisotopic (exact) mass is 294 g/mol. The summed E-state index contributed by atoms with van der Waals surface area (Å²) < 4.78 is 4.66. The van der Waals surface area contributed by atoms with Gasteiger partial charge in [0.05, 0.1) is 13.2 Å². The van der Waals surface area contributed by atoms with Gasteiger partial charge in [-0.1, -0.05) is 26.0 Å². The van der Waals surface area contributed by atoms with Gasteiger partial charge in [-0.2, -0.15) is 0 Å². The topological polar surface area (TPSA) is 102 Å². The van der Waals surface area contributed by atoms with Crippen LogP contribution in [0.25, 0.3) is 0 Å². The number of methoxy groups -OCH3 is 1. The zero-order valence-corrected chi connectivity index (χ0v) is 12.5. The van der Waals surface area contributed by atoms with Crippen molar-refractivity contribution in [1.82, 2.24) is 5.32 Å². The second-order valence-electron chi connectivity index (χ2n) is 5.23. The lowest BCUT2D eigenvalue weighted by Crippen LogP contribution is -2.51. The molecule has 0 bridgehead atoms. The first-order valence-corrected chi connectivity index (χ1v) is 6.76. The molecule has 0 aliphatic carbocycles. The van der Waals surface area contributed by atoms with Crippen LogP contribution in [-0.2, 0) is 20.7 Å². The van der Waals surface area contributed by atoms with Gasteiger partial charge in [-0.05, 0) is 30.0 Å². The van der Waals surface area contributed by atoms with Crippen LogP contribution in [0.2, 0.25) is 0 Å². The number of hydrogen-bond acceptors (Lipinski definition) is 5. The lowest BCUT2D eigenvalue weighted by molar-refractivity contribution is -0.146. The van der Waals surface area contributed by atoms with Gasteiger partial charge in [0.15, 0.2) is 0 Å². The van der Waals surface area contributed by atoms with Gasteiger partial charge in [0, 0.05) is 0 Å². The van der Waals surface area contributed by atoms with E-state index in [4.69, 9.17) is 5.73 Å². The summed E-state index contributed by atoms with van der Waals surface area (Å²) >= 11 is 0. The molecule has 0 aliphatic rings. The van der Waals surface area contributed by atoms with Crippen molar-refractivity contribution in [2.75, 3.05) is 7.11 Å². The van der Waals surface area contributed by atoms with Crippen LogP contribution in [0.3, 0.4) is 0 Å². The first-order chi connectivity index (χ1) is 9.85. The van der Waals surface area contributed by atoms with Crippen LogP contribution in [-0.4, -0.2) is 36.2 Å². The van der Waals surface area contributed by atoms with Crippen LogP contribution in [0.15, 0.2) is 24.3 Å². The highest BCUT2D eigenvalue weighted by molar-refractivity contribution is 5.87. The standard InChI is InChI=1S/C15H22N2O4/c1-9(2)13(15(20)21-3)17-14(19)12(16)8-10-4-6-11(18)7-5-10/h4-7,9,12-13,18H,8,16H2,1-3H3,(H,17,19)/t12-,13?/m1/s1. The van der Waals surface area contributed by atoms with Crippen molar-refractivity contribution in [3.63, 3.8) is 0 Å². The average Bonchev–Trinajstić information content (AvgIpc) is 2.45. The fourth-order valence-electron chi connectivity index (χ4n) is 1.86. The highest BCUT2D eigenvalue weighted by Gasteiger charge is 2.27. The van der Waals surface area contributed by atoms with Gasteiger partial charge in [0.2, 0.25) is 5.91 Å². The normalized spacial score (nSPS) is 13.6. The van der Waals surface area contributed by atoms with E-state index in [0.717, 1.165) is 5.56 Å². The molecule has 0 aliphatic heterocycles. The van der Waals surface area contributed by atoms with Crippen LogP contribution in [0, 0.1) is 5.92 Å². The number of amides is 1. The van der Waals surface area contributed by atoms with E-state index in [-0.39, 0.29) is 11.7 Å². The van der Waals surface area contributed by atoms with E-state index >= 15 is 0 Å². The third kappa shape index (κ3) is 5.07. The van der Waals surface area contributed by atoms with E-state index in [9.17, 15) is 14.7 Å². The number of carbonyl (C=O) groups is 2. The number of aromatic hydroxyl groups is 1. The number of ether oxygens (including phenoxy) is 1. The smallest absolute Gasteiger partial charge is 0.328 e. The summed E-state index contributed by atoms with van der Waals surface area (Å²) in [4.78, 5) is 23.7. The SMILES string of the molecule is COC(=O)C(NC(=O)[C@H](N)Cc1ccc(O)cc1)C(C)C. The quantitative estimate of drug-likeness (QED) is 0.666. The van der Waals surface area contributed by atoms with Gasteiger partial charge in [-0.15, -0.1) is 0 Å². The molecule has 0 spiro atoms. The van der Waals surface area contributed by atoms with Gasteiger partial charge in [-0.3, -0.25) is 4.79 Å². The number of carbonyl (C=O) groups excluding carboxylic acids is 2. The molecule has 0 saturated heterocycles. The largest absolute Gasteiger partial charge is 0.508 e. The average molecular weight is 294 g/mol. The number of rotatable bonds is 6. The summed E-state index contributed by atoms with van der Waals surface area (Å²) in [7, 11) is 1.28. The maximum atomic E-state index is 12.1. The zero-order valence-electron chi connectivity index (χ0n) is 12.5. The lowest BCUT2D eigenvalue weighted by atomic mass is 10.0. The molecule has 4 N–H and O–H groups in total. The highest BCUT2D eigenvalue weighted by Crippen LogP contribution is 2.11. The number of nitrogens with one attached hydrogen (secondary N) is 1. The fraction of sp³-hybridized carbons (Fsp3) is 0.467. The zero-order chi connectivity index (χ0) is 16.0. The minimum absolute atomic E-state index is 0.0951. The van der Waals surface area contributed by atoms with E-state index in [0.29, 0.717) is 6.42 Å². The van der Waals surface area contributed by atoms with Crippen LogP contribution >= 0.6 is 0 Å². The molecule has 6 heteroatoms. The molecule has 116 valence electrons. The summed E-state index contributed by atoms with van der Waals surface area (Å²) in [5.74, 6) is -0.841. The number of benzene rings is 1. The number of nitrogens with two attached hydrogens (primary N) is 1. The van der Waals surface area contributed by atoms with E-state index in [1.54, 1.807) is 12.1 Å². The van der Waals surface area contributed by atoms with Gasteiger partial charge in [0.1, 0.15) is 11.8 Å². The maximum absolute atomic E-state index is 12.1. The Balaban J connectivity index is 2.64. The fourth-order valence-corrected chi connectivity index (χ4v) is 1.86. The number of phenols is 1. The van der Waals surface area contributed by atoms with Gasteiger partial charge in [0.25, 0.3) is 0 Å². The summed E-state index contributed by atoms with van der Waals surface area (Å²) in [6.07, 6.45) is 0.318.